The van der Waals surface area contributed by atoms with Crippen molar-refractivity contribution >= 4 is 27.2 Å². The van der Waals surface area contributed by atoms with Gasteiger partial charge in [0, 0.05) is 30.6 Å². The standard InChI is InChI=1S/C24H24ClN3O3S/c1-2-21(22-9-10-27-24(28-22)15-32(30,31)20-7-8-20)23(29)11-16-3-5-17(6-4-16)18-12-19(25)14-26-13-18/h3-6,9-10,12-14,20-21H,2,7-8,11,15H2,1H3. The summed E-state index contributed by atoms with van der Waals surface area (Å²) in [4.78, 5) is 25.7. The Hall–Kier alpha value is -2.64. The Morgan fingerprint density at radius 2 is 1.88 bits per heavy atom. The third-order valence-corrected chi connectivity index (χ3v) is 7.97. The van der Waals surface area contributed by atoms with Gasteiger partial charge in [-0.2, -0.15) is 0 Å². The van der Waals surface area contributed by atoms with Crippen LogP contribution in [-0.4, -0.2) is 34.4 Å². The van der Waals surface area contributed by atoms with Crippen LogP contribution in [0.5, 0.6) is 0 Å². The van der Waals surface area contributed by atoms with E-state index in [1.165, 1.54) is 0 Å². The largest absolute Gasteiger partial charge is 0.299 e. The third kappa shape index (κ3) is 5.40. The molecule has 0 N–H and O–H groups in total. The summed E-state index contributed by atoms with van der Waals surface area (Å²) < 4.78 is 24.6. The Morgan fingerprint density at radius 1 is 1.12 bits per heavy atom. The van der Waals surface area contributed by atoms with Crippen LogP contribution in [0.4, 0.5) is 0 Å². The summed E-state index contributed by atoms with van der Waals surface area (Å²) in [7, 11) is -3.21. The van der Waals surface area contributed by atoms with E-state index in [4.69, 9.17) is 11.6 Å². The van der Waals surface area contributed by atoms with Gasteiger partial charge in [0.2, 0.25) is 0 Å². The number of carbonyl (C=O) groups is 1. The van der Waals surface area contributed by atoms with Crippen LogP contribution in [0.1, 0.15) is 49.2 Å². The van der Waals surface area contributed by atoms with Crippen LogP contribution < -0.4 is 0 Å². The van der Waals surface area contributed by atoms with Crippen LogP contribution in [0.2, 0.25) is 5.02 Å². The van der Waals surface area contributed by atoms with Crippen molar-refractivity contribution in [1.29, 1.82) is 0 Å². The van der Waals surface area contributed by atoms with Crippen LogP contribution in [0, 0.1) is 0 Å². The number of pyridine rings is 1. The van der Waals surface area contributed by atoms with E-state index in [1.54, 1.807) is 24.7 Å². The molecule has 1 fully saturated rings. The Kier molecular flexibility index (Phi) is 6.67. The van der Waals surface area contributed by atoms with Gasteiger partial charge in [0.25, 0.3) is 0 Å². The van der Waals surface area contributed by atoms with Crippen LogP contribution in [0.25, 0.3) is 11.1 Å². The van der Waals surface area contributed by atoms with Crippen LogP contribution in [0.3, 0.4) is 0 Å². The number of aromatic nitrogens is 3. The van der Waals surface area contributed by atoms with Crippen LogP contribution in [0.15, 0.2) is 55.0 Å². The number of benzene rings is 1. The molecule has 0 radical (unpaired) electrons. The highest BCUT2D eigenvalue weighted by Crippen LogP contribution is 2.30. The van der Waals surface area contributed by atoms with Gasteiger partial charge in [0.1, 0.15) is 17.4 Å². The first kappa shape index (κ1) is 22.6. The molecule has 166 valence electrons. The lowest BCUT2D eigenvalue weighted by atomic mass is 9.92. The minimum Gasteiger partial charge on any atom is -0.299 e. The number of nitrogens with zero attached hydrogens (tertiary/aromatic N) is 3. The molecular formula is C24H24ClN3O3S. The zero-order valence-corrected chi connectivity index (χ0v) is 19.3. The fourth-order valence-electron chi connectivity index (χ4n) is 3.71. The molecule has 0 bridgehead atoms. The number of hydrogen-bond acceptors (Lipinski definition) is 6. The monoisotopic (exact) mass is 469 g/mol. The second-order valence-electron chi connectivity index (χ2n) is 8.10. The molecule has 1 aliphatic carbocycles. The maximum atomic E-state index is 13.1. The van der Waals surface area contributed by atoms with Crippen molar-refractivity contribution in [2.24, 2.45) is 0 Å². The van der Waals surface area contributed by atoms with Gasteiger partial charge in [-0.1, -0.05) is 42.8 Å². The molecule has 1 aliphatic rings. The fraction of sp³-hybridized carbons (Fsp3) is 0.333. The topological polar surface area (TPSA) is 89.9 Å². The van der Waals surface area contributed by atoms with E-state index in [0.717, 1.165) is 16.7 Å². The maximum absolute atomic E-state index is 13.1. The Balaban J connectivity index is 1.46. The van der Waals surface area contributed by atoms with E-state index in [2.05, 4.69) is 15.0 Å². The molecule has 1 aromatic carbocycles. The number of Topliss-reactive ketones (excluding diaryl/α,β-unsaturated/α-hetero) is 1. The first-order valence-electron chi connectivity index (χ1n) is 10.6. The maximum Gasteiger partial charge on any atom is 0.160 e. The van der Waals surface area contributed by atoms with Crippen LogP contribution >= 0.6 is 11.6 Å². The van der Waals surface area contributed by atoms with Gasteiger partial charge >= 0.3 is 0 Å². The molecular weight excluding hydrogens is 446 g/mol. The minimum absolute atomic E-state index is 0.0411. The number of hydrogen-bond donors (Lipinski definition) is 0. The molecule has 32 heavy (non-hydrogen) atoms. The number of sulfone groups is 1. The number of ketones is 1. The smallest absolute Gasteiger partial charge is 0.160 e. The average Bonchev–Trinajstić information content (AvgIpc) is 3.61. The van der Waals surface area contributed by atoms with Crippen molar-refractivity contribution in [3.05, 3.63) is 77.1 Å². The van der Waals surface area contributed by atoms with Crippen molar-refractivity contribution in [3.63, 3.8) is 0 Å². The summed E-state index contributed by atoms with van der Waals surface area (Å²) in [5, 5.41) is 0.311. The molecule has 2 aromatic heterocycles. The molecule has 1 atom stereocenters. The van der Waals surface area contributed by atoms with Crippen molar-refractivity contribution in [1.82, 2.24) is 15.0 Å². The third-order valence-electron chi connectivity index (χ3n) is 5.61. The zero-order chi connectivity index (χ0) is 22.7. The highest BCUT2D eigenvalue weighted by Gasteiger charge is 2.36. The molecule has 0 aliphatic heterocycles. The lowest BCUT2D eigenvalue weighted by molar-refractivity contribution is -0.120. The van der Waals surface area contributed by atoms with E-state index < -0.39 is 15.8 Å². The molecule has 0 spiro atoms. The summed E-state index contributed by atoms with van der Waals surface area (Å²) in [5.74, 6) is -0.271. The number of rotatable bonds is 9. The van der Waals surface area contributed by atoms with Gasteiger partial charge in [0.15, 0.2) is 9.84 Å². The summed E-state index contributed by atoms with van der Waals surface area (Å²) in [6.07, 6.45) is 7.15. The molecule has 1 saturated carbocycles. The van der Waals surface area contributed by atoms with E-state index in [0.29, 0.717) is 30.0 Å². The zero-order valence-electron chi connectivity index (χ0n) is 17.7. The van der Waals surface area contributed by atoms with E-state index in [1.807, 2.05) is 37.3 Å². The highest BCUT2D eigenvalue weighted by molar-refractivity contribution is 7.91. The predicted octanol–water partition coefficient (Wildman–Crippen LogP) is 4.57. The van der Waals surface area contributed by atoms with Gasteiger partial charge in [-0.05, 0) is 42.5 Å². The van der Waals surface area contributed by atoms with Gasteiger partial charge in [0.05, 0.1) is 21.9 Å². The van der Waals surface area contributed by atoms with Gasteiger partial charge in [-0.3, -0.25) is 9.78 Å². The molecule has 1 unspecified atom stereocenters. The van der Waals surface area contributed by atoms with Crippen molar-refractivity contribution < 1.29 is 13.2 Å². The quantitative estimate of drug-likeness (QED) is 0.455. The Morgan fingerprint density at radius 3 is 2.53 bits per heavy atom. The first-order valence-corrected chi connectivity index (χ1v) is 12.7. The Labute approximate surface area is 193 Å². The molecule has 0 amide bonds. The van der Waals surface area contributed by atoms with E-state index in [9.17, 15) is 13.2 Å². The average molecular weight is 470 g/mol. The number of carbonyl (C=O) groups excluding carboxylic acids is 1. The van der Waals surface area contributed by atoms with Crippen molar-refractivity contribution in [2.45, 2.75) is 49.5 Å². The summed E-state index contributed by atoms with van der Waals surface area (Å²) in [6, 6.07) is 11.3. The number of halogens is 1. The molecule has 2 heterocycles. The molecule has 3 aromatic rings. The molecule has 8 heteroatoms. The first-order chi connectivity index (χ1) is 15.4. The highest BCUT2D eigenvalue weighted by atomic mass is 35.5. The minimum atomic E-state index is -3.21. The van der Waals surface area contributed by atoms with Gasteiger partial charge in [-0.15, -0.1) is 0 Å². The second-order valence-corrected chi connectivity index (χ2v) is 10.8. The Bertz CT molecular complexity index is 1230. The summed E-state index contributed by atoms with van der Waals surface area (Å²) in [5.41, 5.74) is 3.37. The summed E-state index contributed by atoms with van der Waals surface area (Å²) in [6.45, 7) is 1.93. The van der Waals surface area contributed by atoms with Gasteiger partial charge < -0.3 is 0 Å². The van der Waals surface area contributed by atoms with E-state index >= 15 is 0 Å². The van der Waals surface area contributed by atoms with Crippen molar-refractivity contribution in [3.8, 4) is 11.1 Å². The molecule has 6 nitrogen and oxygen atoms in total. The van der Waals surface area contributed by atoms with Crippen LogP contribution in [-0.2, 0) is 26.8 Å². The lowest BCUT2D eigenvalue weighted by Gasteiger charge is -2.14. The van der Waals surface area contributed by atoms with E-state index in [-0.39, 0.29) is 29.0 Å². The SMILES string of the molecule is CCC(C(=O)Cc1ccc(-c2cncc(Cl)c2)cc1)c1ccnc(CS(=O)(=O)C2CC2)n1. The molecule has 0 saturated heterocycles. The van der Waals surface area contributed by atoms with Crippen molar-refractivity contribution in [2.75, 3.05) is 0 Å². The van der Waals surface area contributed by atoms with Gasteiger partial charge in [-0.25, -0.2) is 18.4 Å². The summed E-state index contributed by atoms with van der Waals surface area (Å²) >= 11 is 6.02. The predicted molar refractivity (Wildman–Crippen MR) is 124 cm³/mol. The fourth-order valence-corrected chi connectivity index (χ4v) is 5.48. The molecule has 4 rings (SSSR count). The normalized spacial score (nSPS) is 14.8. The second kappa shape index (κ2) is 9.46. The lowest BCUT2D eigenvalue weighted by Crippen LogP contribution is -2.18.